The number of benzene rings is 2. The van der Waals surface area contributed by atoms with E-state index in [2.05, 4.69) is 10.6 Å². The molecule has 0 saturated heterocycles. The molecule has 0 heterocycles. The molecule has 2 amide bonds. The number of amides is 2. The quantitative estimate of drug-likeness (QED) is 0.716. The zero-order valence-electron chi connectivity index (χ0n) is 15.5. The average Bonchev–Trinajstić information content (AvgIpc) is 3.51. The van der Waals surface area contributed by atoms with Crippen molar-refractivity contribution in [3.63, 3.8) is 0 Å². The maximum absolute atomic E-state index is 12.6. The molecule has 2 aromatic carbocycles. The van der Waals surface area contributed by atoms with Crippen molar-refractivity contribution in [3.05, 3.63) is 65.7 Å². The van der Waals surface area contributed by atoms with E-state index in [1.165, 1.54) is 12.1 Å². The number of anilines is 1. The first kappa shape index (κ1) is 19.4. The molecule has 0 radical (unpaired) electrons. The van der Waals surface area contributed by atoms with Crippen molar-refractivity contribution in [3.8, 4) is 0 Å². The molecule has 1 atom stereocenters. The lowest BCUT2D eigenvalue weighted by Gasteiger charge is -2.18. The second-order valence-electron chi connectivity index (χ2n) is 6.40. The van der Waals surface area contributed by atoms with E-state index in [1.807, 2.05) is 6.07 Å². The molecule has 7 nitrogen and oxygen atoms in total. The van der Waals surface area contributed by atoms with Gasteiger partial charge in [-0.2, -0.15) is 0 Å². The Morgan fingerprint density at radius 3 is 2.32 bits per heavy atom. The minimum Gasteiger partial charge on any atom is -0.450 e. The zero-order valence-corrected chi connectivity index (χ0v) is 15.5. The molecule has 1 unspecified atom stereocenters. The molecule has 146 valence electrons. The highest BCUT2D eigenvalue weighted by Gasteiger charge is 2.31. The van der Waals surface area contributed by atoms with Crippen LogP contribution in [0.5, 0.6) is 0 Å². The van der Waals surface area contributed by atoms with Gasteiger partial charge in [0.05, 0.1) is 12.2 Å². The van der Waals surface area contributed by atoms with E-state index in [-0.39, 0.29) is 24.1 Å². The molecule has 0 aliphatic heterocycles. The summed E-state index contributed by atoms with van der Waals surface area (Å²) in [6.07, 6.45) is 0.289. The maximum Gasteiger partial charge on any atom is 0.411 e. The monoisotopic (exact) mass is 382 g/mol. The predicted molar refractivity (Wildman–Crippen MR) is 103 cm³/mol. The summed E-state index contributed by atoms with van der Waals surface area (Å²) >= 11 is 0. The maximum atomic E-state index is 12.6. The Morgan fingerprint density at radius 1 is 1.04 bits per heavy atom. The third-order valence-corrected chi connectivity index (χ3v) is 4.13. The molecule has 3 rings (SSSR count). The number of esters is 1. The number of carbonyl (C=O) groups is 3. The van der Waals surface area contributed by atoms with E-state index in [4.69, 9.17) is 9.47 Å². The summed E-state index contributed by atoms with van der Waals surface area (Å²) in [5.74, 6) is -0.954. The summed E-state index contributed by atoms with van der Waals surface area (Å²) in [7, 11) is 0. The number of rotatable bonds is 7. The van der Waals surface area contributed by atoms with Crippen LogP contribution in [0.25, 0.3) is 0 Å². The van der Waals surface area contributed by atoms with Crippen LogP contribution in [-0.4, -0.2) is 30.6 Å². The summed E-state index contributed by atoms with van der Waals surface area (Å²) in [5.41, 5.74) is 1.37. The fraction of sp³-hybridized carbons (Fsp3) is 0.286. The standard InChI is InChI=1S/C21H22N2O5/c1-2-27-21(26)23-17-10-8-15(9-11-17)20(25)28-18(14-6-4-3-5-7-14)19(24)22-16-12-13-16/h3-11,16,18H,2,12-13H2,1H3,(H,22,24)(H,23,26). The smallest absolute Gasteiger partial charge is 0.411 e. The van der Waals surface area contributed by atoms with Crippen LogP contribution in [0.1, 0.15) is 41.8 Å². The van der Waals surface area contributed by atoms with E-state index in [0.29, 0.717) is 11.3 Å². The number of nitrogens with one attached hydrogen (secondary N) is 2. The zero-order chi connectivity index (χ0) is 19.9. The average molecular weight is 382 g/mol. The van der Waals surface area contributed by atoms with Crippen LogP contribution in [0.4, 0.5) is 10.5 Å². The van der Waals surface area contributed by atoms with Gasteiger partial charge < -0.3 is 14.8 Å². The molecular weight excluding hydrogens is 360 g/mol. The van der Waals surface area contributed by atoms with Gasteiger partial charge in [-0.05, 0) is 44.0 Å². The first-order valence-electron chi connectivity index (χ1n) is 9.17. The summed E-state index contributed by atoms with van der Waals surface area (Å²) < 4.78 is 10.3. The fourth-order valence-corrected chi connectivity index (χ4v) is 2.56. The largest absolute Gasteiger partial charge is 0.450 e. The molecule has 2 aromatic rings. The van der Waals surface area contributed by atoms with E-state index in [0.717, 1.165) is 12.8 Å². The van der Waals surface area contributed by atoms with Gasteiger partial charge >= 0.3 is 12.1 Å². The summed E-state index contributed by atoms with van der Waals surface area (Å²) in [6, 6.07) is 15.2. The van der Waals surface area contributed by atoms with Crippen LogP contribution in [-0.2, 0) is 14.3 Å². The van der Waals surface area contributed by atoms with Gasteiger partial charge in [-0.1, -0.05) is 30.3 Å². The normalized spacial score (nSPS) is 13.9. The van der Waals surface area contributed by atoms with Crippen molar-refractivity contribution in [2.45, 2.75) is 31.9 Å². The van der Waals surface area contributed by atoms with Crippen LogP contribution >= 0.6 is 0 Å². The summed E-state index contributed by atoms with van der Waals surface area (Å²) in [5, 5.41) is 5.42. The number of carbonyl (C=O) groups excluding carboxylic acids is 3. The van der Waals surface area contributed by atoms with Crippen LogP contribution < -0.4 is 10.6 Å². The molecule has 7 heteroatoms. The summed E-state index contributed by atoms with van der Waals surface area (Å²) in [6.45, 7) is 1.97. The Bertz CT molecular complexity index is 832. The van der Waals surface area contributed by atoms with Gasteiger partial charge in [-0.15, -0.1) is 0 Å². The Balaban J connectivity index is 1.69. The van der Waals surface area contributed by atoms with E-state index in [1.54, 1.807) is 43.3 Å². The van der Waals surface area contributed by atoms with Crippen molar-refractivity contribution in [2.24, 2.45) is 0 Å². The molecule has 1 fully saturated rings. The van der Waals surface area contributed by atoms with Gasteiger partial charge in [0.2, 0.25) is 6.10 Å². The van der Waals surface area contributed by atoms with Crippen LogP contribution in [0.15, 0.2) is 54.6 Å². The van der Waals surface area contributed by atoms with Crippen molar-refractivity contribution in [1.29, 1.82) is 0 Å². The molecule has 0 bridgehead atoms. The third kappa shape index (κ3) is 5.33. The molecule has 1 aliphatic rings. The molecule has 28 heavy (non-hydrogen) atoms. The van der Waals surface area contributed by atoms with Crippen molar-refractivity contribution in [1.82, 2.24) is 5.32 Å². The van der Waals surface area contributed by atoms with Crippen molar-refractivity contribution < 1.29 is 23.9 Å². The summed E-state index contributed by atoms with van der Waals surface area (Å²) in [4.78, 5) is 36.5. The van der Waals surface area contributed by atoms with Crippen LogP contribution in [0.3, 0.4) is 0 Å². The fourth-order valence-electron chi connectivity index (χ4n) is 2.56. The number of ether oxygens (including phenoxy) is 2. The molecule has 1 aliphatic carbocycles. The molecule has 0 spiro atoms. The number of hydrogen-bond donors (Lipinski definition) is 2. The Labute approximate surface area is 163 Å². The third-order valence-electron chi connectivity index (χ3n) is 4.13. The van der Waals surface area contributed by atoms with Crippen LogP contribution in [0, 0.1) is 0 Å². The Hall–Kier alpha value is -3.35. The lowest BCUT2D eigenvalue weighted by Crippen LogP contribution is -2.33. The van der Waals surface area contributed by atoms with Gasteiger partial charge in [-0.25, -0.2) is 9.59 Å². The van der Waals surface area contributed by atoms with Crippen LogP contribution in [0.2, 0.25) is 0 Å². The lowest BCUT2D eigenvalue weighted by atomic mass is 10.1. The van der Waals surface area contributed by atoms with Crippen molar-refractivity contribution in [2.75, 3.05) is 11.9 Å². The Kier molecular flexibility index (Phi) is 6.26. The first-order chi connectivity index (χ1) is 13.6. The first-order valence-corrected chi connectivity index (χ1v) is 9.17. The highest BCUT2D eigenvalue weighted by atomic mass is 16.6. The lowest BCUT2D eigenvalue weighted by molar-refractivity contribution is -0.130. The second-order valence-corrected chi connectivity index (χ2v) is 6.40. The van der Waals surface area contributed by atoms with Gasteiger partial charge in [0.15, 0.2) is 0 Å². The van der Waals surface area contributed by atoms with Gasteiger partial charge in [0.25, 0.3) is 5.91 Å². The molecule has 0 aromatic heterocycles. The minimum atomic E-state index is -1.02. The van der Waals surface area contributed by atoms with E-state index >= 15 is 0 Å². The minimum absolute atomic E-state index is 0.158. The Morgan fingerprint density at radius 2 is 1.71 bits per heavy atom. The number of hydrogen-bond acceptors (Lipinski definition) is 5. The predicted octanol–water partition coefficient (Wildman–Crippen LogP) is 3.43. The molecule has 1 saturated carbocycles. The SMILES string of the molecule is CCOC(=O)Nc1ccc(C(=O)OC(C(=O)NC2CC2)c2ccccc2)cc1. The highest BCUT2D eigenvalue weighted by molar-refractivity contribution is 5.93. The van der Waals surface area contributed by atoms with Gasteiger partial charge in [-0.3, -0.25) is 10.1 Å². The second kappa shape index (κ2) is 9.03. The highest BCUT2D eigenvalue weighted by Crippen LogP contribution is 2.24. The van der Waals surface area contributed by atoms with Gasteiger partial charge in [0, 0.05) is 17.3 Å². The topological polar surface area (TPSA) is 93.7 Å². The molecule has 2 N–H and O–H groups in total. The van der Waals surface area contributed by atoms with E-state index < -0.39 is 18.2 Å². The van der Waals surface area contributed by atoms with Gasteiger partial charge in [0.1, 0.15) is 0 Å². The molecular formula is C21H22N2O5. The van der Waals surface area contributed by atoms with E-state index in [9.17, 15) is 14.4 Å². The van der Waals surface area contributed by atoms with Crippen molar-refractivity contribution >= 4 is 23.7 Å².